The molecule has 0 N–H and O–H groups in total. The normalized spacial score (nSPS) is 20.7. The van der Waals surface area contributed by atoms with Crippen molar-refractivity contribution >= 4 is 27.4 Å². The van der Waals surface area contributed by atoms with Gasteiger partial charge in [0.1, 0.15) is 0 Å². The third-order valence-electron chi connectivity index (χ3n) is 4.25. The average molecular weight is 348 g/mol. The quantitative estimate of drug-likeness (QED) is 0.574. The number of benzene rings is 2. The summed E-state index contributed by atoms with van der Waals surface area (Å²) in [6.45, 7) is 0. The molecule has 1 aliphatic heterocycles. The Balaban J connectivity index is 1.95. The summed E-state index contributed by atoms with van der Waals surface area (Å²) in [4.78, 5) is 12.9. The molecule has 1 atom stereocenters. The highest BCUT2D eigenvalue weighted by Crippen LogP contribution is 2.50. The molecule has 122 valence electrons. The Labute approximate surface area is 139 Å². The summed E-state index contributed by atoms with van der Waals surface area (Å²) in [5.74, 6) is -0.921. The number of halogens is 3. The number of hydrogen-bond acceptors (Lipinski definition) is 3. The predicted molar refractivity (Wildman–Crippen MR) is 85.1 cm³/mol. The number of thiophene rings is 1. The number of carbonyl (C=O) groups excluding carboxylic acids is 1. The number of alkyl halides is 3. The van der Waals surface area contributed by atoms with E-state index in [1.807, 2.05) is 0 Å². The molecule has 2 nitrogen and oxygen atoms in total. The Morgan fingerprint density at radius 3 is 2.38 bits per heavy atom. The zero-order valence-electron chi connectivity index (χ0n) is 12.3. The Morgan fingerprint density at radius 1 is 1.00 bits per heavy atom. The lowest BCUT2D eigenvalue weighted by Crippen LogP contribution is -2.50. The standard InChI is InChI=1S/C18H11F3O2S/c19-18(20,21)17(11-6-2-1-3-7-11)10-14-15(16(22)23-17)12-8-4-5-9-13(12)24-14/h1-9H,10H2/t17-/m1/s1. The van der Waals surface area contributed by atoms with Crippen LogP contribution in [0.1, 0.15) is 20.8 Å². The number of ether oxygens (including phenoxy) is 1. The topological polar surface area (TPSA) is 26.3 Å². The van der Waals surface area contributed by atoms with Crippen LogP contribution in [0.4, 0.5) is 13.2 Å². The summed E-state index contributed by atoms with van der Waals surface area (Å²) in [5.41, 5.74) is -2.44. The van der Waals surface area contributed by atoms with E-state index in [9.17, 15) is 18.0 Å². The van der Waals surface area contributed by atoms with Gasteiger partial charge in [0.05, 0.1) is 5.56 Å². The van der Waals surface area contributed by atoms with Gasteiger partial charge in [0.25, 0.3) is 0 Å². The van der Waals surface area contributed by atoms with Gasteiger partial charge in [-0.1, -0.05) is 48.5 Å². The van der Waals surface area contributed by atoms with Gasteiger partial charge in [-0.15, -0.1) is 11.3 Å². The molecule has 0 saturated carbocycles. The minimum atomic E-state index is -4.71. The number of cyclic esters (lactones) is 1. The molecule has 0 amide bonds. The molecule has 0 bridgehead atoms. The number of esters is 1. The monoisotopic (exact) mass is 348 g/mol. The van der Waals surface area contributed by atoms with Gasteiger partial charge in [-0.3, -0.25) is 0 Å². The van der Waals surface area contributed by atoms with Crippen LogP contribution < -0.4 is 0 Å². The third-order valence-corrected chi connectivity index (χ3v) is 5.42. The van der Waals surface area contributed by atoms with Crippen LogP contribution >= 0.6 is 11.3 Å². The van der Waals surface area contributed by atoms with E-state index in [2.05, 4.69) is 0 Å². The van der Waals surface area contributed by atoms with Crippen LogP contribution in [0.2, 0.25) is 0 Å². The molecule has 0 spiro atoms. The molecule has 6 heteroatoms. The largest absolute Gasteiger partial charge is 0.440 e. The first-order chi connectivity index (χ1) is 11.4. The molecule has 4 rings (SSSR count). The second kappa shape index (κ2) is 5.08. The maximum atomic E-state index is 13.9. The van der Waals surface area contributed by atoms with Crippen LogP contribution in [-0.4, -0.2) is 12.1 Å². The fourth-order valence-electron chi connectivity index (χ4n) is 3.11. The van der Waals surface area contributed by atoms with Gasteiger partial charge in [-0.2, -0.15) is 13.2 Å². The molecule has 3 aromatic rings. The zero-order valence-corrected chi connectivity index (χ0v) is 13.1. The van der Waals surface area contributed by atoms with E-state index in [4.69, 9.17) is 4.74 Å². The third kappa shape index (κ3) is 2.06. The van der Waals surface area contributed by atoms with Crippen molar-refractivity contribution < 1.29 is 22.7 Å². The number of carbonyl (C=O) groups is 1. The highest BCUT2D eigenvalue weighted by molar-refractivity contribution is 7.19. The zero-order chi connectivity index (χ0) is 16.9. The van der Waals surface area contributed by atoms with Crippen LogP contribution in [0.25, 0.3) is 10.1 Å². The molecule has 1 aromatic heterocycles. The lowest BCUT2D eigenvalue weighted by Gasteiger charge is -2.38. The van der Waals surface area contributed by atoms with E-state index in [-0.39, 0.29) is 11.1 Å². The Bertz CT molecular complexity index is 930. The highest BCUT2D eigenvalue weighted by atomic mass is 32.1. The van der Waals surface area contributed by atoms with E-state index in [0.29, 0.717) is 10.3 Å². The van der Waals surface area contributed by atoms with Gasteiger partial charge in [0.2, 0.25) is 5.60 Å². The SMILES string of the molecule is O=C1O[C@](c2ccccc2)(C(F)(F)F)Cc2sc3ccccc3c21. The fraction of sp³-hybridized carbons (Fsp3) is 0.167. The lowest BCUT2D eigenvalue weighted by atomic mass is 9.85. The molecule has 0 fully saturated rings. The average Bonchev–Trinajstić information content (AvgIpc) is 2.93. The molecule has 0 aliphatic carbocycles. The Morgan fingerprint density at radius 2 is 1.67 bits per heavy atom. The van der Waals surface area contributed by atoms with Gasteiger partial charge in [0.15, 0.2) is 0 Å². The first-order valence-corrected chi connectivity index (χ1v) is 8.10. The molecule has 1 aliphatic rings. The molecule has 0 saturated heterocycles. The second-order valence-corrected chi connectivity index (χ2v) is 6.79. The van der Waals surface area contributed by atoms with Crippen molar-refractivity contribution in [3.8, 4) is 0 Å². The Hall–Kier alpha value is -2.34. The van der Waals surface area contributed by atoms with E-state index in [1.165, 1.54) is 35.6 Å². The van der Waals surface area contributed by atoms with E-state index in [0.717, 1.165) is 4.70 Å². The van der Waals surface area contributed by atoms with Gasteiger partial charge in [-0.25, -0.2) is 4.79 Å². The minimum absolute atomic E-state index is 0.0612. The van der Waals surface area contributed by atoms with Crippen LogP contribution in [0.5, 0.6) is 0 Å². The van der Waals surface area contributed by atoms with Gasteiger partial charge >= 0.3 is 12.1 Å². The van der Waals surface area contributed by atoms with Crippen molar-refractivity contribution in [2.75, 3.05) is 0 Å². The molecule has 2 heterocycles. The summed E-state index contributed by atoms with van der Waals surface area (Å²) in [5, 5.41) is 0.645. The van der Waals surface area contributed by atoms with E-state index < -0.39 is 24.2 Å². The van der Waals surface area contributed by atoms with Crippen molar-refractivity contribution in [2.45, 2.75) is 18.2 Å². The summed E-state index contributed by atoms with van der Waals surface area (Å²) in [6, 6.07) is 14.4. The summed E-state index contributed by atoms with van der Waals surface area (Å²) in [6.07, 6.45) is -5.11. The number of fused-ring (bicyclic) bond motifs is 3. The molecular weight excluding hydrogens is 337 g/mol. The number of rotatable bonds is 1. The lowest BCUT2D eigenvalue weighted by molar-refractivity contribution is -0.266. The van der Waals surface area contributed by atoms with Crippen molar-refractivity contribution in [2.24, 2.45) is 0 Å². The smallest absolute Gasteiger partial charge is 0.433 e. The van der Waals surface area contributed by atoms with Crippen LogP contribution in [0.15, 0.2) is 54.6 Å². The first kappa shape index (κ1) is 15.2. The first-order valence-electron chi connectivity index (χ1n) is 7.28. The fourth-order valence-corrected chi connectivity index (χ4v) is 4.37. The predicted octanol–water partition coefficient (Wildman–Crippen LogP) is 5.07. The maximum absolute atomic E-state index is 13.9. The van der Waals surface area contributed by atoms with Crippen molar-refractivity contribution in [3.63, 3.8) is 0 Å². The van der Waals surface area contributed by atoms with Gasteiger partial charge in [-0.05, 0) is 6.07 Å². The van der Waals surface area contributed by atoms with E-state index in [1.54, 1.807) is 30.3 Å². The van der Waals surface area contributed by atoms with Crippen LogP contribution in [-0.2, 0) is 16.8 Å². The van der Waals surface area contributed by atoms with Crippen molar-refractivity contribution in [1.82, 2.24) is 0 Å². The minimum Gasteiger partial charge on any atom is -0.440 e. The Kier molecular flexibility index (Phi) is 3.22. The second-order valence-electron chi connectivity index (χ2n) is 5.65. The highest BCUT2D eigenvalue weighted by Gasteiger charge is 2.62. The van der Waals surface area contributed by atoms with Crippen molar-refractivity contribution in [3.05, 3.63) is 70.6 Å². The van der Waals surface area contributed by atoms with Crippen LogP contribution in [0.3, 0.4) is 0 Å². The molecule has 24 heavy (non-hydrogen) atoms. The van der Waals surface area contributed by atoms with Crippen molar-refractivity contribution in [1.29, 1.82) is 0 Å². The molecule has 0 unspecified atom stereocenters. The maximum Gasteiger partial charge on any atom is 0.433 e. The molecule has 2 aromatic carbocycles. The van der Waals surface area contributed by atoms with Gasteiger partial charge in [0, 0.05) is 26.9 Å². The molecule has 0 radical (unpaired) electrons. The summed E-state index contributed by atoms with van der Waals surface area (Å²) in [7, 11) is 0. The van der Waals surface area contributed by atoms with Crippen LogP contribution in [0, 0.1) is 0 Å². The van der Waals surface area contributed by atoms with Gasteiger partial charge < -0.3 is 4.74 Å². The number of hydrogen-bond donors (Lipinski definition) is 0. The summed E-state index contributed by atoms with van der Waals surface area (Å²) < 4.78 is 47.6. The van der Waals surface area contributed by atoms with E-state index >= 15 is 0 Å². The molecular formula is C18H11F3O2S. The summed E-state index contributed by atoms with van der Waals surface area (Å²) >= 11 is 1.22.